The van der Waals surface area contributed by atoms with Gasteiger partial charge in [0, 0.05) is 25.7 Å². The highest BCUT2D eigenvalue weighted by atomic mass is 79.9. The van der Waals surface area contributed by atoms with E-state index in [9.17, 15) is 9.90 Å². The first-order chi connectivity index (χ1) is 10.5. The average molecular weight is 389 g/mol. The minimum absolute atomic E-state index is 0.122. The second-order valence-corrected chi connectivity index (χ2v) is 10.7. The van der Waals surface area contributed by atoms with Gasteiger partial charge in [0.05, 0.1) is 34.4 Å². The fourth-order valence-corrected chi connectivity index (χ4v) is 6.42. The van der Waals surface area contributed by atoms with E-state index in [-0.39, 0.29) is 17.0 Å². The highest BCUT2D eigenvalue weighted by Crippen LogP contribution is 2.51. The maximum Gasteiger partial charge on any atom is 0.306 e. The second-order valence-electron chi connectivity index (χ2n) is 9.15. The Kier molecular flexibility index (Phi) is 5.58. The molecule has 2 aliphatic rings. The smallest absolute Gasteiger partial charge is 0.306 e. The summed E-state index contributed by atoms with van der Waals surface area (Å²) in [6, 6.07) is 0.593. The largest absolute Gasteiger partial charge is 0.481 e. The molecule has 0 spiro atoms. The van der Waals surface area contributed by atoms with Crippen molar-refractivity contribution in [3.8, 4) is 0 Å². The summed E-state index contributed by atoms with van der Waals surface area (Å²) in [6.07, 6.45) is 7.67. The van der Waals surface area contributed by atoms with Crippen LogP contribution in [-0.2, 0) is 4.79 Å². The van der Waals surface area contributed by atoms with E-state index in [1.54, 1.807) is 0 Å². The third-order valence-corrected chi connectivity index (χ3v) is 7.24. The number of aliphatic carboxylic acids is 1. The predicted octanol–water partition coefficient (Wildman–Crippen LogP) is 4.97. The highest BCUT2D eigenvalue weighted by Gasteiger charge is 2.60. The van der Waals surface area contributed by atoms with E-state index in [0.29, 0.717) is 10.9 Å². The molecule has 1 unspecified atom stereocenters. The van der Waals surface area contributed by atoms with Crippen LogP contribution in [-0.4, -0.2) is 44.1 Å². The first kappa shape index (κ1) is 19.2. The van der Waals surface area contributed by atoms with Crippen molar-refractivity contribution in [1.82, 2.24) is 0 Å². The van der Waals surface area contributed by atoms with Crippen molar-refractivity contribution in [1.29, 1.82) is 0 Å². The highest BCUT2D eigenvalue weighted by molar-refractivity contribution is 9.09. The molecular weight excluding hydrogens is 354 g/mol. The molecule has 23 heavy (non-hydrogen) atoms. The minimum atomic E-state index is -0.596. The van der Waals surface area contributed by atoms with Gasteiger partial charge in [0.25, 0.3) is 0 Å². The number of hydrogen-bond acceptors (Lipinski definition) is 1. The number of halogens is 1. The van der Waals surface area contributed by atoms with Crippen molar-refractivity contribution in [2.45, 2.75) is 102 Å². The molecule has 1 N–H and O–H groups in total. The van der Waals surface area contributed by atoms with Gasteiger partial charge in [0.1, 0.15) is 0 Å². The van der Waals surface area contributed by atoms with Crippen LogP contribution in [0.1, 0.15) is 79.6 Å². The summed E-state index contributed by atoms with van der Waals surface area (Å²) in [5, 5.41) is 9.34. The molecule has 2 fully saturated rings. The van der Waals surface area contributed by atoms with Crippen LogP contribution in [0.15, 0.2) is 0 Å². The molecule has 1 saturated carbocycles. The van der Waals surface area contributed by atoms with Gasteiger partial charge in [0.2, 0.25) is 0 Å². The lowest BCUT2D eigenvalue weighted by molar-refractivity contribution is -1.04. The first-order valence-corrected chi connectivity index (χ1v) is 10.2. The third kappa shape index (κ3) is 3.35. The van der Waals surface area contributed by atoms with Gasteiger partial charge in [-0.1, -0.05) is 15.9 Å². The fourth-order valence-electron chi connectivity index (χ4n) is 5.96. The number of hydrogen-bond donors (Lipinski definition) is 1. The van der Waals surface area contributed by atoms with Gasteiger partial charge in [-0.3, -0.25) is 4.79 Å². The Hall–Kier alpha value is -0.0900. The summed E-state index contributed by atoms with van der Waals surface area (Å²) in [5.74, 6) is -0.718. The second kappa shape index (κ2) is 6.67. The number of rotatable bonds is 4. The van der Waals surface area contributed by atoms with Crippen molar-refractivity contribution in [3.63, 3.8) is 0 Å². The maximum absolute atomic E-state index is 11.3. The van der Waals surface area contributed by atoms with Gasteiger partial charge in [-0.05, 0) is 53.9 Å². The lowest BCUT2D eigenvalue weighted by Gasteiger charge is -2.66. The number of carboxylic acid groups (broad SMARTS) is 1. The molecule has 1 atom stereocenters. The standard InChI is InChI=1S/C19H34BrNO2/c1-14(20)13-21(16-9-7-15(8-10-16)17(22)23)18(2,3)11-6-12-19(21,4)5/h14-16H,6-13H2,1-5H3/p+1. The molecule has 0 aromatic rings. The Balaban J connectivity index is 2.37. The number of carbonyl (C=O) groups is 1. The van der Waals surface area contributed by atoms with Crippen molar-refractivity contribution in [2.24, 2.45) is 5.92 Å². The van der Waals surface area contributed by atoms with Gasteiger partial charge in [0.15, 0.2) is 0 Å². The summed E-state index contributed by atoms with van der Waals surface area (Å²) in [4.78, 5) is 11.8. The minimum Gasteiger partial charge on any atom is -0.481 e. The van der Waals surface area contributed by atoms with Crippen molar-refractivity contribution < 1.29 is 14.4 Å². The first-order valence-electron chi connectivity index (χ1n) is 9.28. The lowest BCUT2D eigenvalue weighted by Crippen LogP contribution is -2.78. The molecule has 1 aliphatic heterocycles. The van der Waals surface area contributed by atoms with Gasteiger partial charge in [-0.25, -0.2) is 0 Å². The predicted molar refractivity (Wildman–Crippen MR) is 98.9 cm³/mol. The van der Waals surface area contributed by atoms with Crippen LogP contribution >= 0.6 is 15.9 Å². The van der Waals surface area contributed by atoms with E-state index in [0.717, 1.165) is 36.7 Å². The van der Waals surface area contributed by atoms with Crippen molar-refractivity contribution >= 4 is 21.9 Å². The van der Waals surface area contributed by atoms with Crippen LogP contribution in [0.5, 0.6) is 0 Å². The number of piperidine rings is 1. The van der Waals surface area contributed by atoms with Crippen molar-refractivity contribution in [3.05, 3.63) is 0 Å². The number of quaternary nitrogens is 1. The Labute approximate surface area is 150 Å². The third-order valence-electron chi connectivity index (χ3n) is 6.95. The van der Waals surface area contributed by atoms with E-state index in [1.165, 1.54) is 19.3 Å². The van der Waals surface area contributed by atoms with E-state index in [2.05, 4.69) is 50.5 Å². The van der Waals surface area contributed by atoms with E-state index in [1.807, 2.05) is 0 Å². The Morgan fingerprint density at radius 2 is 1.61 bits per heavy atom. The summed E-state index contributed by atoms with van der Waals surface area (Å²) in [6.45, 7) is 13.2. The summed E-state index contributed by atoms with van der Waals surface area (Å²) >= 11 is 3.84. The van der Waals surface area contributed by atoms with E-state index in [4.69, 9.17) is 0 Å². The summed E-state index contributed by atoms with van der Waals surface area (Å²) in [5.41, 5.74) is 0.509. The number of likely N-dealkylation sites (tertiary alicyclic amines) is 1. The molecule has 0 bridgehead atoms. The number of carboxylic acids is 1. The molecule has 4 heteroatoms. The Morgan fingerprint density at radius 1 is 1.13 bits per heavy atom. The lowest BCUT2D eigenvalue weighted by atomic mass is 9.71. The molecule has 1 heterocycles. The zero-order chi connectivity index (χ0) is 17.5. The molecule has 0 radical (unpaired) electrons. The van der Waals surface area contributed by atoms with Gasteiger partial charge in [-0.2, -0.15) is 0 Å². The van der Waals surface area contributed by atoms with E-state index >= 15 is 0 Å². The fraction of sp³-hybridized carbons (Fsp3) is 0.947. The molecule has 1 saturated heterocycles. The summed E-state index contributed by atoms with van der Waals surface area (Å²) in [7, 11) is 0. The topological polar surface area (TPSA) is 37.3 Å². The monoisotopic (exact) mass is 388 g/mol. The molecular formula is C19H35BrNO2+. The van der Waals surface area contributed by atoms with Crippen LogP contribution in [0.25, 0.3) is 0 Å². The SMILES string of the molecule is CC(Br)C[N+]1(C2CCC(C(=O)O)CC2)C(C)(C)CCCC1(C)C. The van der Waals surface area contributed by atoms with E-state index < -0.39 is 5.97 Å². The number of alkyl halides is 1. The molecule has 0 aromatic carbocycles. The van der Waals surface area contributed by atoms with Crippen LogP contribution in [0.2, 0.25) is 0 Å². The zero-order valence-corrected chi connectivity index (χ0v) is 17.2. The Morgan fingerprint density at radius 3 is 2.00 bits per heavy atom. The van der Waals surface area contributed by atoms with Crippen LogP contribution in [0.4, 0.5) is 0 Å². The molecule has 134 valence electrons. The normalized spacial score (nSPS) is 33.8. The van der Waals surface area contributed by atoms with Crippen LogP contribution in [0, 0.1) is 5.92 Å². The quantitative estimate of drug-likeness (QED) is 0.544. The molecule has 2 rings (SSSR count). The van der Waals surface area contributed by atoms with Crippen LogP contribution < -0.4 is 0 Å². The molecule has 0 amide bonds. The van der Waals surface area contributed by atoms with Gasteiger partial charge in [-0.15, -0.1) is 0 Å². The van der Waals surface area contributed by atoms with Gasteiger partial charge >= 0.3 is 5.97 Å². The summed E-state index contributed by atoms with van der Waals surface area (Å²) < 4.78 is 1.15. The average Bonchev–Trinajstić information content (AvgIpc) is 2.42. The number of nitrogens with zero attached hydrogens (tertiary/aromatic N) is 1. The van der Waals surface area contributed by atoms with Crippen LogP contribution in [0.3, 0.4) is 0 Å². The van der Waals surface area contributed by atoms with Gasteiger partial charge < -0.3 is 9.59 Å². The molecule has 0 aromatic heterocycles. The molecule has 1 aliphatic carbocycles. The maximum atomic E-state index is 11.3. The Bertz CT molecular complexity index is 421. The zero-order valence-electron chi connectivity index (χ0n) is 15.6. The van der Waals surface area contributed by atoms with Crippen molar-refractivity contribution in [2.75, 3.05) is 6.54 Å². The molecule has 3 nitrogen and oxygen atoms in total.